The molecule has 0 atom stereocenters. The van der Waals surface area contributed by atoms with E-state index in [-0.39, 0.29) is 5.41 Å². The summed E-state index contributed by atoms with van der Waals surface area (Å²) in [6.07, 6.45) is 4.45. The van der Waals surface area contributed by atoms with Gasteiger partial charge in [-0.1, -0.05) is 87.3 Å². The topological polar surface area (TPSA) is 18.5 Å². The Morgan fingerprint density at radius 1 is 0.650 bits per heavy atom. The summed E-state index contributed by atoms with van der Waals surface area (Å²) < 4.78 is 16.0. The highest BCUT2D eigenvalue weighted by Crippen LogP contribution is 2.44. The Kier molecular flexibility index (Phi) is 12.5. The molecule has 0 fully saturated rings. The van der Waals surface area contributed by atoms with Gasteiger partial charge in [0.15, 0.2) is 0 Å². The fourth-order valence-electron chi connectivity index (χ4n) is 5.02. The minimum Gasteiger partial charge on any atom is -0.491 e. The van der Waals surface area contributed by atoms with Crippen LogP contribution in [0.3, 0.4) is 0 Å². The second-order valence-corrected chi connectivity index (χ2v) is 20.2. The van der Waals surface area contributed by atoms with Crippen LogP contribution in [-0.2, 0) is 5.41 Å². The van der Waals surface area contributed by atoms with Gasteiger partial charge in [-0.3, -0.25) is 0 Å². The zero-order valence-electron chi connectivity index (χ0n) is 24.8. The van der Waals surface area contributed by atoms with E-state index in [2.05, 4.69) is 154 Å². The Bertz CT molecular complexity index is 1250. The molecule has 3 rings (SSSR count). The third kappa shape index (κ3) is 8.71. The van der Waals surface area contributed by atoms with Gasteiger partial charge in [0.25, 0.3) is 0 Å². The molecule has 0 heterocycles. The molecule has 7 heteroatoms. The van der Waals surface area contributed by atoms with Crippen molar-refractivity contribution in [2.45, 2.75) is 84.9 Å². The Balaban J connectivity index is 1.60. The van der Waals surface area contributed by atoms with Crippen molar-refractivity contribution in [3.05, 3.63) is 82.6 Å². The summed E-state index contributed by atoms with van der Waals surface area (Å²) in [5.74, 6) is 1.72. The van der Waals surface area contributed by atoms with Gasteiger partial charge in [0, 0.05) is 5.41 Å². The smallest absolute Gasteiger partial charge is 0.147 e. The van der Waals surface area contributed by atoms with Crippen LogP contribution in [0.4, 0.5) is 0 Å². The van der Waals surface area contributed by atoms with E-state index in [9.17, 15) is 0 Å². The van der Waals surface area contributed by atoms with Gasteiger partial charge in [-0.15, -0.1) is 0 Å². The highest BCUT2D eigenvalue weighted by Gasteiger charge is 2.27. The zero-order valence-corrected chi connectivity index (χ0v) is 32.2. The molecule has 0 spiro atoms. The van der Waals surface area contributed by atoms with Crippen LogP contribution in [0.25, 0.3) is 0 Å². The molecule has 0 amide bonds. The van der Waals surface area contributed by atoms with E-state index in [1.54, 1.807) is 5.19 Å². The molecule has 0 bridgehead atoms. The Morgan fingerprint density at radius 2 is 1.10 bits per heavy atom. The monoisotopic (exact) mass is 814 g/mol. The van der Waals surface area contributed by atoms with Gasteiger partial charge < -0.3 is 9.47 Å². The second-order valence-electron chi connectivity index (χ2n) is 11.9. The number of ether oxygens (including phenoxy) is 2. The number of benzene rings is 3. The standard InChI is InChI=1S/C33H42Br4O2Si/c1-8-12-38-31-27(34)18-24(19-28(31)35)33(4,5)25-20-29(36)32(30(37)21-25)39-13-10-9-11-14-40(6,7)26-16-22(2)15-23(3)17-26/h15-21H,8-14H2,1-7H3. The van der Waals surface area contributed by atoms with Crippen LogP contribution >= 0.6 is 63.7 Å². The molecule has 0 saturated heterocycles. The molecule has 218 valence electrons. The van der Waals surface area contributed by atoms with Crippen molar-refractivity contribution < 1.29 is 9.47 Å². The molecular weight excluding hydrogens is 776 g/mol. The van der Waals surface area contributed by atoms with E-state index >= 15 is 0 Å². The summed E-state index contributed by atoms with van der Waals surface area (Å²) in [5.41, 5.74) is 4.91. The van der Waals surface area contributed by atoms with Crippen LogP contribution in [-0.4, -0.2) is 21.3 Å². The van der Waals surface area contributed by atoms with Gasteiger partial charge in [-0.05, 0) is 126 Å². The SMILES string of the molecule is CCCOc1c(Br)cc(C(C)(C)c2cc(Br)c(OCCCCC[Si](C)(C)c3cc(C)cc(C)c3)c(Br)c2)cc1Br. The highest BCUT2D eigenvalue weighted by molar-refractivity contribution is 9.11. The van der Waals surface area contributed by atoms with E-state index in [0.29, 0.717) is 13.2 Å². The molecular formula is C33H42Br4O2Si. The molecule has 0 saturated carbocycles. The van der Waals surface area contributed by atoms with Gasteiger partial charge in [0.1, 0.15) is 11.5 Å². The van der Waals surface area contributed by atoms with Crippen molar-refractivity contribution in [1.82, 2.24) is 0 Å². The lowest BCUT2D eigenvalue weighted by molar-refractivity contribution is 0.302. The molecule has 3 aromatic carbocycles. The fraction of sp³-hybridized carbons (Fsp3) is 0.455. The summed E-state index contributed by atoms with van der Waals surface area (Å²) in [5, 5.41) is 1.58. The molecule has 2 nitrogen and oxygen atoms in total. The van der Waals surface area contributed by atoms with E-state index in [4.69, 9.17) is 9.47 Å². The lowest BCUT2D eigenvalue weighted by Crippen LogP contribution is -2.41. The lowest BCUT2D eigenvalue weighted by Gasteiger charge is -2.28. The predicted octanol–water partition coefficient (Wildman–Crippen LogP) is 11.6. The molecule has 0 radical (unpaired) electrons. The van der Waals surface area contributed by atoms with Gasteiger partial charge in [-0.2, -0.15) is 0 Å². The molecule has 0 unspecified atom stereocenters. The minimum atomic E-state index is -1.42. The molecule has 0 aliphatic heterocycles. The summed E-state index contributed by atoms with van der Waals surface area (Å²) in [4.78, 5) is 0. The lowest BCUT2D eigenvalue weighted by atomic mass is 9.78. The van der Waals surface area contributed by atoms with Crippen molar-refractivity contribution in [2.75, 3.05) is 13.2 Å². The van der Waals surface area contributed by atoms with E-state index in [0.717, 1.165) is 42.2 Å². The van der Waals surface area contributed by atoms with Crippen LogP contribution in [0.2, 0.25) is 19.1 Å². The number of rotatable bonds is 13. The van der Waals surface area contributed by atoms with Crippen molar-refractivity contribution in [3.8, 4) is 11.5 Å². The van der Waals surface area contributed by atoms with Crippen LogP contribution in [0.5, 0.6) is 11.5 Å². The van der Waals surface area contributed by atoms with Crippen molar-refractivity contribution in [2.24, 2.45) is 0 Å². The van der Waals surface area contributed by atoms with Crippen molar-refractivity contribution in [3.63, 3.8) is 0 Å². The van der Waals surface area contributed by atoms with Crippen molar-refractivity contribution >= 4 is 77.0 Å². The van der Waals surface area contributed by atoms with Crippen molar-refractivity contribution in [1.29, 1.82) is 0 Å². The average molecular weight is 818 g/mol. The number of aryl methyl sites for hydroxylation is 2. The number of unbranched alkanes of at least 4 members (excludes halogenated alkanes) is 2. The maximum absolute atomic E-state index is 6.27. The molecule has 0 aliphatic carbocycles. The van der Waals surface area contributed by atoms with E-state index in [1.807, 2.05) is 0 Å². The summed E-state index contributed by atoms with van der Waals surface area (Å²) >= 11 is 15.0. The zero-order chi connectivity index (χ0) is 29.7. The predicted molar refractivity (Wildman–Crippen MR) is 189 cm³/mol. The maximum atomic E-state index is 6.27. The van der Waals surface area contributed by atoms with Crippen LogP contribution < -0.4 is 14.7 Å². The average Bonchev–Trinajstić information content (AvgIpc) is 2.86. The first-order valence-electron chi connectivity index (χ1n) is 14.1. The second kappa shape index (κ2) is 14.7. The quantitative estimate of drug-likeness (QED) is 0.126. The van der Waals surface area contributed by atoms with Gasteiger partial charge >= 0.3 is 0 Å². The van der Waals surface area contributed by atoms with Gasteiger partial charge in [0.2, 0.25) is 0 Å². The molecule has 40 heavy (non-hydrogen) atoms. The number of hydrogen-bond acceptors (Lipinski definition) is 2. The number of hydrogen-bond donors (Lipinski definition) is 0. The number of halogens is 4. The highest BCUT2D eigenvalue weighted by atomic mass is 79.9. The van der Waals surface area contributed by atoms with Crippen LogP contribution in [0.15, 0.2) is 60.4 Å². The maximum Gasteiger partial charge on any atom is 0.147 e. The first-order chi connectivity index (χ1) is 18.8. The Labute approximate surface area is 276 Å². The first kappa shape index (κ1) is 33.9. The fourth-order valence-corrected chi connectivity index (χ4v) is 10.5. The third-order valence-electron chi connectivity index (χ3n) is 7.59. The van der Waals surface area contributed by atoms with Crippen LogP contribution in [0, 0.1) is 13.8 Å². The minimum absolute atomic E-state index is 0.232. The van der Waals surface area contributed by atoms with E-state index in [1.165, 1.54) is 41.1 Å². The van der Waals surface area contributed by atoms with Gasteiger partial charge in [0.05, 0.1) is 39.2 Å². The molecule has 0 aromatic heterocycles. The molecule has 3 aromatic rings. The molecule has 0 N–H and O–H groups in total. The summed E-state index contributed by atoms with van der Waals surface area (Å²) in [6.45, 7) is 17.4. The van der Waals surface area contributed by atoms with E-state index < -0.39 is 8.07 Å². The normalized spacial score (nSPS) is 12.1. The summed E-state index contributed by atoms with van der Waals surface area (Å²) in [7, 11) is -1.42. The summed E-state index contributed by atoms with van der Waals surface area (Å²) in [6, 6.07) is 17.1. The Hall–Kier alpha value is -0.603. The van der Waals surface area contributed by atoms with Crippen LogP contribution in [0.1, 0.15) is 68.7 Å². The largest absolute Gasteiger partial charge is 0.491 e. The Morgan fingerprint density at radius 3 is 1.55 bits per heavy atom. The van der Waals surface area contributed by atoms with Gasteiger partial charge in [-0.25, -0.2) is 0 Å². The first-order valence-corrected chi connectivity index (χ1v) is 20.5. The molecule has 0 aliphatic rings. The third-order valence-corrected chi connectivity index (χ3v) is 13.4.